The molecule has 2 aromatic rings. The van der Waals surface area contributed by atoms with Gasteiger partial charge < -0.3 is 5.32 Å². The zero-order valence-electron chi connectivity index (χ0n) is 12.1. The maximum Gasteiger partial charge on any atom is 0.0898 e. The Labute approximate surface area is 118 Å². The molecule has 0 amide bonds. The topological polar surface area (TPSA) is 42.7 Å². The van der Waals surface area contributed by atoms with Crippen LogP contribution >= 0.6 is 11.3 Å². The maximum atomic E-state index is 4.61. The summed E-state index contributed by atoms with van der Waals surface area (Å²) in [4.78, 5) is 4.61. The van der Waals surface area contributed by atoms with Crippen LogP contribution in [0.3, 0.4) is 0 Å². The summed E-state index contributed by atoms with van der Waals surface area (Å²) in [7, 11) is 2.02. The lowest BCUT2D eigenvalue weighted by Gasteiger charge is -2.15. The molecule has 2 heterocycles. The molecule has 0 aliphatic heterocycles. The average Bonchev–Trinajstić information content (AvgIpc) is 2.96. The fraction of sp³-hybridized carbons (Fsp3) is 0.571. The van der Waals surface area contributed by atoms with Crippen molar-refractivity contribution in [3.63, 3.8) is 0 Å². The van der Waals surface area contributed by atoms with Crippen molar-refractivity contribution in [2.75, 3.05) is 6.54 Å². The van der Waals surface area contributed by atoms with Crippen LogP contribution in [0.25, 0.3) is 0 Å². The normalized spacial score (nSPS) is 12.8. The van der Waals surface area contributed by atoms with Crippen LogP contribution in [0.4, 0.5) is 0 Å². The number of hydrogen-bond donors (Lipinski definition) is 1. The zero-order chi connectivity index (χ0) is 13.8. The first kappa shape index (κ1) is 14.2. The second kappa shape index (κ2) is 6.30. The van der Waals surface area contributed by atoms with E-state index in [0.717, 1.165) is 35.8 Å². The van der Waals surface area contributed by atoms with Gasteiger partial charge in [0.1, 0.15) is 0 Å². The molecule has 0 spiro atoms. The van der Waals surface area contributed by atoms with Gasteiger partial charge in [0.05, 0.1) is 22.4 Å². The molecule has 0 fully saturated rings. The molecule has 0 saturated heterocycles. The van der Waals surface area contributed by atoms with E-state index in [9.17, 15) is 0 Å². The van der Waals surface area contributed by atoms with E-state index in [-0.39, 0.29) is 6.04 Å². The van der Waals surface area contributed by atoms with Gasteiger partial charge in [0, 0.05) is 24.5 Å². The highest BCUT2D eigenvalue weighted by molar-refractivity contribution is 7.09. The molecule has 0 radical (unpaired) electrons. The van der Waals surface area contributed by atoms with Crippen molar-refractivity contribution in [1.29, 1.82) is 0 Å². The third-order valence-electron chi connectivity index (χ3n) is 3.25. The monoisotopic (exact) mass is 278 g/mol. The molecule has 104 valence electrons. The van der Waals surface area contributed by atoms with Gasteiger partial charge in [0.2, 0.25) is 0 Å². The maximum absolute atomic E-state index is 4.61. The van der Waals surface area contributed by atoms with E-state index in [4.69, 9.17) is 0 Å². The zero-order valence-corrected chi connectivity index (χ0v) is 12.9. The Morgan fingerprint density at radius 2 is 2.21 bits per heavy atom. The van der Waals surface area contributed by atoms with Crippen molar-refractivity contribution >= 4 is 11.3 Å². The molecule has 1 N–H and O–H groups in total. The lowest BCUT2D eigenvalue weighted by atomic mass is 10.1. The summed E-state index contributed by atoms with van der Waals surface area (Å²) in [5, 5.41) is 11.3. The van der Waals surface area contributed by atoms with Crippen molar-refractivity contribution < 1.29 is 0 Å². The lowest BCUT2D eigenvalue weighted by molar-refractivity contribution is 0.519. The molecule has 4 nitrogen and oxygen atoms in total. The fourth-order valence-corrected chi connectivity index (χ4v) is 2.88. The van der Waals surface area contributed by atoms with E-state index < -0.39 is 0 Å². The molecule has 0 saturated carbocycles. The van der Waals surface area contributed by atoms with Gasteiger partial charge in [-0.2, -0.15) is 5.10 Å². The molecule has 2 rings (SSSR count). The van der Waals surface area contributed by atoms with Gasteiger partial charge in [-0.05, 0) is 26.0 Å². The number of likely N-dealkylation sites (N-methyl/N-ethyl adjacent to an activating group) is 1. The Kier molecular flexibility index (Phi) is 4.71. The van der Waals surface area contributed by atoms with Crippen LogP contribution in [0.2, 0.25) is 0 Å². The molecule has 0 aromatic carbocycles. The van der Waals surface area contributed by atoms with E-state index in [1.165, 1.54) is 5.69 Å². The van der Waals surface area contributed by atoms with Crippen LogP contribution in [0, 0.1) is 6.92 Å². The quantitative estimate of drug-likeness (QED) is 0.883. The Hall–Kier alpha value is -1.20. The van der Waals surface area contributed by atoms with Crippen LogP contribution in [-0.4, -0.2) is 21.3 Å². The number of hydrogen-bond acceptors (Lipinski definition) is 4. The van der Waals surface area contributed by atoms with Crippen LogP contribution in [-0.2, 0) is 19.9 Å². The largest absolute Gasteiger partial charge is 0.309 e. The molecule has 19 heavy (non-hydrogen) atoms. The number of aromatic nitrogens is 3. The predicted molar refractivity (Wildman–Crippen MR) is 79.6 cm³/mol. The van der Waals surface area contributed by atoms with E-state index in [2.05, 4.69) is 47.6 Å². The van der Waals surface area contributed by atoms with E-state index >= 15 is 0 Å². The summed E-state index contributed by atoms with van der Waals surface area (Å²) in [6, 6.07) is 2.47. The lowest BCUT2D eigenvalue weighted by Crippen LogP contribution is -2.24. The summed E-state index contributed by atoms with van der Waals surface area (Å²) in [6.07, 6.45) is 1.91. The van der Waals surface area contributed by atoms with E-state index in [1.54, 1.807) is 11.3 Å². The van der Waals surface area contributed by atoms with Crippen LogP contribution < -0.4 is 5.32 Å². The van der Waals surface area contributed by atoms with Gasteiger partial charge in [-0.15, -0.1) is 11.3 Å². The van der Waals surface area contributed by atoms with Gasteiger partial charge in [-0.1, -0.05) is 13.8 Å². The third kappa shape index (κ3) is 3.42. The van der Waals surface area contributed by atoms with Gasteiger partial charge in [0.15, 0.2) is 0 Å². The van der Waals surface area contributed by atoms with Crippen LogP contribution in [0.5, 0.6) is 0 Å². The fourth-order valence-electron chi connectivity index (χ4n) is 2.21. The van der Waals surface area contributed by atoms with E-state index in [0.29, 0.717) is 0 Å². The summed E-state index contributed by atoms with van der Waals surface area (Å²) < 4.78 is 1.99. The minimum atomic E-state index is 0.273. The van der Waals surface area contributed by atoms with E-state index in [1.807, 2.05) is 11.7 Å². The van der Waals surface area contributed by atoms with Crippen molar-refractivity contribution in [1.82, 2.24) is 20.1 Å². The Morgan fingerprint density at radius 3 is 2.74 bits per heavy atom. The van der Waals surface area contributed by atoms with Gasteiger partial charge in [-0.3, -0.25) is 4.68 Å². The standard InChI is InChI=1S/C14H22N4S/c1-5-11-7-12(18(4)17-11)8-13(15-6-2)14-9-19-10(3)16-14/h7,9,13,15H,5-6,8H2,1-4H3. The van der Waals surface area contributed by atoms with Crippen molar-refractivity contribution in [2.24, 2.45) is 7.05 Å². The number of nitrogens with zero attached hydrogens (tertiary/aromatic N) is 3. The number of thiazole rings is 1. The molecule has 2 aromatic heterocycles. The highest BCUT2D eigenvalue weighted by Gasteiger charge is 2.16. The summed E-state index contributed by atoms with van der Waals surface area (Å²) in [5.74, 6) is 0. The van der Waals surface area contributed by atoms with Crippen LogP contribution in [0.1, 0.15) is 42.0 Å². The van der Waals surface area contributed by atoms with Crippen molar-refractivity contribution in [3.05, 3.63) is 33.5 Å². The first-order chi connectivity index (χ1) is 9.13. The summed E-state index contributed by atoms with van der Waals surface area (Å²) in [6.45, 7) is 7.26. The second-order valence-corrected chi connectivity index (χ2v) is 5.77. The molecule has 1 atom stereocenters. The minimum Gasteiger partial charge on any atom is -0.309 e. The Balaban J connectivity index is 2.18. The molecule has 0 aliphatic rings. The highest BCUT2D eigenvalue weighted by Crippen LogP contribution is 2.20. The van der Waals surface area contributed by atoms with Crippen LogP contribution in [0.15, 0.2) is 11.4 Å². The molecular formula is C14H22N4S. The predicted octanol–water partition coefficient (Wildman–Crippen LogP) is 2.64. The molecule has 0 aliphatic carbocycles. The third-order valence-corrected chi connectivity index (χ3v) is 4.04. The van der Waals surface area contributed by atoms with Gasteiger partial charge in [0.25, 0.3) is 0 Å². The van der Waals surface area contributed by atoms with Crippen molar-refractivity contribution in [3.8, 4) is 0 Å². The summed E-state index contributed by atoms with van der Waals surface area (Å²) >= 11 is 1.71. The first-order valence-electron chi connectivity index (χ1n) is 6.81. The smallest absolute Gasteiger partial charge is 0.0898 e. The molecule has 5 heteroatoms. The summed E-state index contributed by atoms with van der Waals surface area (Å²) in [5.41, 5.74) is 3.55. The Morgan fingerprint density at radius 1 is 1.42 bits per heavy atom. The first-order valence-corrected chi connectivity index (χ1v) is 7.69. The molecule has 1 unspecified atom stereocenters. The number of aryl methyl sites for hydroxylation is 3. The molecular weight excluding hydrogens is 256 g/mol. The van der Waals surface area contributed by atoms with Gasteiger partial charge >= 0.3 is 0 Å². The highest BCUT2D eigenvalue weighted by atomic mass is 32.1. The minimum absolute atomic E-state index is 0.273. The average molecular weight is 278 g/mol. The van der Waals surface area contributed by atoms with Crippen molar-refractivity contribution in [2.45, 2.75) is 39.7 Å². The van der Waals surface area contributed by atoms with Gasteiger partial charge in [-0.25, -0.2) is 4.98 Å². The molecule has 0 bridgehead atoms. The number of rotatable bonds is 6. The Bertz CT molecular complexity index is 529. The number of nitrogens with one attached hydrogen (secondary N) is 1. The second-order valence-electron chi connectivity index (χ2n) is 4.71. The SMILES string of the molecule is CCNC(Cc1cc(CC)nn1C)c1csc(C)n1.